The summed E-state index contributed by atoms with van der Waals surface area (Å²) >= 11 is 0. The summed E-state index contributed by atoms with van der Waals surface area (Å²) in [5.74, 6) is -0.763. The zero-order chi connectivity index (χ0) is 29.4. The first-order chi connectivity index (χ1) is 19.5. The topological polar surface area (TPSA) is 94.6 Å². The molecule has 5 rings (SSSR count). The highest BCUT2D eigenvalue weighted by molar-refractivity contribution is 7.89. The number of benzene rings is 3. The summed E-state index contributed by atoms with van der Waals surface area (Å²) in [6.07, 6.45) is -2.94. The predicted molar refractivity (Wildman–Crippen MR) is 146 cm³/mol. The number of carbonyl (C=O) groups is 1. The summed E-state index contributed by atoms with van der Waals surface area (Å²) in [5.41, 5.74) is 2.62. The first-order valence-corrected chi connectivity index (χ1v) is 14.5. The van der Waals surface area contributed by atoms with Crippen molar-refractivity contribution in [2.45, 2.75) is 49.9 Å². The van der Waals surface area contributed by atoms with Gasteiger partial charge in [0.1, 0.15) is 5.75 Å². The number of sulfonamides is 1. The molecule has 0 spiro atoms. The van der Waals surface area contributed by atoms with E-state index in [4.69, 9.17) is 9.72 Å². The molecule has 0 amide bonds. The number of esters is 1. The van der Waals surface area contributed by atoms with E-state index in [2.05, 4.69) is 9.46 Å². The second-order valence-electron chi connectivity index (χ2n) is 9.74. The average Bonchev–Trinajstić information content (AvgIpc) is 3.78. The lowest BCUT2D eigenvalue weighted by molar-refractivity contribution is -0.274. The molecule has 1 unspecified atom stereocenters. The predicted octanol–water partition coefficient (Wildman–Crippen LogP) is 6.56. The van der Waals surface area contributed by atoms with Crippen LogP contribution in [0.1, 0.15) is 64.6 Å². The zero-order valence-electron chi connectivity index (χ0n) is 22.2. The van der Waals surface area contributed by atoms with Gasteiger partial charge in [-0.25, -0.2) is 13.2 Å². The van der Waals surface area contributed by atoms with Gasteiger partial charge in [-0.1, -0.05) is 36.4 Å². The summed E-state index contributed by atoms with van der Waals surface area (Å²) in [7, 11) is -4.19. The Kier molecular flexibility index (Phi) is 7.76. The number of aromatic nitrogens is 1. The van der Waals surface area contributed by atoms with Crippen LogP contribution in [-0.2, 0) is 14.8 Å². The van der Waals surface area contributed by atoms with Gasteiger partial charge in [0.15, 0.2) is 0 Å². The molecular weight excluding hydrogens is 557 g/mol. The fraction of sp³-hybridized carbons (Fsp3) is 0.267. The maximum Gasteiger partial charge on any atom is 0.573 e. The van der Waals surface area contributed by atoms with Crippen LogP contribution in [0.15, 0.2) is 77.7 Å². The van der Waals surface area contributed by atoms with E-state index in [1.54, 1.807) is 6.92 Å². The molecule has 7 nitrogen and oxygen atoms in total. The molecule has 0 radical (unpaired) electrons. The zero-order valence-corrected chi connectivity index (χ0v) is 23.1. The molecule has 1 aromatic heterocycles. The Morgan fingerprint density at radius 1 is 1.00 bits per heavy atom. The van der Waals surface area contributed by atoms with Crippen molar-refractivity contribution in [1.29, 1.82) is 0 Å². The Morgan fingerprint density at radius 2 is 1.63 bits per heavy atom. The molecule has 41 heavy (non-hydrogen) atoms. The maximum absolute atomic E-state index is 13.6. The molecule has 1 saturated carbocycles. The molecule has 4 aromatic rings. The van der Waals surface area contributed by atoms with Gasteiger partial charge in [0.05, 0.1) is 34.5 Å². The Hall–Kier alpha value is -3.96. The van der Waals surface area contributed by atoms with Crippen LogP contribution in [0.25, 0.3) is 10.8 Å². The Balaban J connectivity index is 1.59. The van der Waals surface area contributed by atoms with E-state index in [9.17, 15) is 26.4 Å². The molecule has 1 aliphatic carbocycles. The highest BCUT2D eigenvalue weighted by atomic mass is 32.2. The molecule has 11 heteroatoms. The van der Waals surface area contributed by atoms with E-state index >= 15 is 0 Å². The molecule has 1 atom stereocenters. The van der Waals surface area contributed by atoms with Crippen LogP contribution in [0.5, 0.6) is 5.75 Å². The number of hydrogen-bond acceptors (Lipinski definition) is 6. The van der Waals surface area contributed by atoms with Crippen LogP contribution in [0, 0.1) is 6.92 Å². The van der Waals surface area contributed by atoms with E-state index in [1.165, 1.54) is 36.4 Å². The first kappa shape index (κ1) is 28.6. The average molecular weight is 585 g/mol. The Bertz CT molecular complexity index is 1680. The molecule has 0 bridgehead atoms. The van der Waals surface area contributed by atoms with Crippen molar-refractivity contribution in [2.75, 3.05) is 6.61 Å². The molecule has 1 heterocycles. The van der Waals surface area contributed by atoms with E-state index in [0.717, 1.165) is 47.0 Å². The van der Waals surface area contributed by atoms with Gasteiger partial charge in [-0.05, 0) is 79.6 Å². The number of halogens is 3. The number of rotatable bonds is 9. The normalized spacial score (nSPS) is 14.6. The largest absolute Gasteiger partial charge is 0.573 e. The van der Waals surface area contributed by atoms with E-state index in [-0.39, 0.29) is 23.0 Å². The quantitative estimate of drug-likeness (QED) is 0.224. The highest BCUT2D eigenvalue weighted by Gasteiger charge is 2.33. The van der Waals surface area contributed by atoms with Crippen LogP contribution in [0.3, 0.4) is 0 Å². The molecule has 1 aliphatic rings. The van der Waals surface area contributed by atoms with Gasteiger partial charge < -0.3 is 9.47 Å². The summed E-state index contributed by atoms with van der Waals surface area (Å²) in [4.78, 5) is 16.9. The molecule has 0 aliphatic heterocycles. The summed E-state index contributed by atoms with van der Waals surface area (Å²) in [6.45, 7) is 3.69. The number of aryl methyl sites for hydroxylation is 1. The third kappa shape index (κ3) is 6.36. The number of fused-ring (bicyclic) bond motifs is 1. The van der Waals surface area contributed by atoms with E-state index in [1.807, 2.05) is 31.2 Å². The van der Waals surface area contributed by atoms with E-state index in [0.29, 0.717) is 11.3 Å². The maximum atomic E-state index is 13.6. The van der Waals surface area contributed by atoms with Gasteiger partial charge in [-0.3, -0.25) is 4.98 Å². The summed E-state index contributed by atoms with van der Waals surface area (Å²) in [6, 6.07) is 17.0. The molecule has 1 N–H and O–H groups in total. The van der Waals surface area contributed by atoms with Gasteiger partial charge in [0, 0.05) is 11.3 Å². The number of carbonyl (C=O) groups excluding carboxylic acids is 1. The number of nitrogens with one attached hydrogen (secondary N) is 1. The monoisotopic (exact) mass is 584 g/mol. The number of ether oxygens (including phenoxy) is 2. The molecular formula is C30H27F3N2O5S. The summed E-state index contributed by atoms with van der Waals surface area (Å²) in [5, 5.41) is 1.90. The third-order valence-corrected chi connectivity index (χ3v) is 8.30. The van der Waals surface area contributed by atoms with Crippen LogP contribution in [0.4, 0.5) is 13.2 Å². The van der Waals surface area contributed by atoms with Crippen molar-refractivity contribution in [3.63, 3.8) is 0 Å². The Labute approximate surface area is 235 Å². The van der Waals surface area contributed by atoms with Crippen molar-refractivity contribution >= 4 is 26.8 Å². The van der Waals surface area contributed by atoms with E-state index < -0.39 is 34.1 Å². The molecule has 3 aromatic carbocycles. The minimum atomic E-state index is -4.87. The van der Waals surface area contributed by atoms with Crippen molar-refractivity contribution < 1.29 is 35.9 Å². The minimum Gasteiger partial charge on any atom is -0.462 e. The molecule has 214 valence electrons. The van der Waals surface area contributed by atoms with Crippen molar-refractivity contribution in [3.8, 4) is 5.75 Å². The summed E-state index contributed by atoms with van der Waals surface area (Å²) < 4.78 is 77.2. The lowest BCUT2D eigenvalue weighted by atomic mass is 9.95. The highest BCUT2D eigenvalue weighted by Crippen LogP contribution is 2.44. The number of alkyl halides is 3. The fourth-order valence-corrected chi connectivity index (χ4v) is 5.93. The standard InChI is InChI=1S/C30H27F3N2O5S/c1-3-39-29(36)21-12-16-23(17-13-21)41(37,38)35-28(20-10-14-22(15-11-20)40-30(31,32)33)26-18(2)24-6-4-5-7-25(24)27(34-26)19-8-9-19/h4-7,10-17,19,28,35H,3,8-9H2,1-2H3. The smallest absolute Gasteiger partial charge is 0.462 e. The lowest BCUT2D eigenvalue weighted by Crippen LogP contribution is -2.31. The van der Waals surface area contributed by atoms with Gasteiger partial charge in [-0.2, -0.15) is 4.72 Å². The Morgan fingerprint density at radius 3 is 2.22 bits per heavy atom. The van der Waals surface area contributed by atoms with Crippen LogP contribution in [0.2, 0.25) is 0 Å². The lowest BCUT2D eigenvalue weighted by Gasteiger charge is -2.23. The van der Waals surface area contributed by atoms with Crippen LogP contribution in [-0.4, -0.2) is 32.3 Å². The van der Waals surface area contributed by atoms with Crippen LogP contribution >= 0.6 is 0 Å². The van der Waals surface area contributed by atoms with Crippen LogP contribution < -0.4 is 9.46 Å². The van der Waals surface area contributed by atoms with Gasteiger partial charge >= 0.3 is 12.3 Å². The van der Waals surface area contributed by atoms with Gasteiger partial charge in [0.25, 0.3) is 0 Å². The number of pyridine rings is 1. The number of hydrogen-bond donors (Lipinski definition) is 1. The van der Waals surface area contributed by atoms with Gasteiger partial charge in [0.2, 0.25) is 10.0 Å². The van der Waals surface area contributed by atoms with Gasteiger partial charge in [-0.15, -0.1) is 13.2 Å². The van der Waals surface area contributed by atoms with Crippen molar-refractivity contribution in [1.82, 2.24) is 9.71 Å². The first-order valence-electron chi connectivity index (χ1n) is 13.0. The second kappa shape index (κ2) is 11.1. The SMILES string of the molecule is CCOC(=O)c1ccc(S(=O)(=O)NC(c2ccc(OC(F)(F)F)cc2)c2nc(C3CC3)c3ccccc3c2C)cc1. The molecule has 0 saturated heterocycles. The third-order valence-electron chi connectivity index (χ3n) is 6.87. The van der Waals surface area contributed by atoms with Crippen molar-refractivity contribution in [3.05, 3.63) is 101 Å². The molecule has 1 fully saturated rings. The fourth-order valence-electron chi connectivity index (χ4n) is 4.75. The second-order valence-corrected chi connectivity index (χ2v) is 11.5. The number of nitrogens with zero attached hydrogens (tertiary/aromatic N) is 1. The minimum absolute atomic E-state index is 0.103. The van der Waals surface area contributed by atoms with Crippen molar-refractivity contribution in [2.24, 2.45) is 0 Å².